The third-order valence-corrected chi connectivity index (χ3v) is 2.80. The molecule has 0 fully saturated rings. The quantitative estimate of drug-likeness (QED) is 0.393. The molecule has 0 radical (unpaired) electrons. The van der Waals surface area contributed by atoms with Crippen molar-refractivity contribution in [2.45, 2.75) is 0 Å². The summed E-state index contributed by atoms with van der Waals surface area (Å²) in [4.78, 5) is 0. The predicted octanol–water partition coefficient (Wildman–Crippen LogP) is 3.40. The van der Waals surface area contributed by atoms with Crippen molar-refractivity contribution in [2.24, 2.45) is 0 Å². The molecule has 2 aromatic rings. The summed E-state index contributed by atoms with van der Waals surface area (Å²) in [6, 6.07) is 16.6. The van der Waals surface area contributed by atoms with E-state index in [0.29, 0.717) is 0 Å². The molecule has 3 nitrogen and oxygen atoms in total. The van der Waals surface area contributed by atoms with E-state index >= 15 is 0 Å². The van der Waals surface area contributed by atoms with Crippen molar-refractivity contribution in [3.63, 3.8) is 0 Å². The fourth-order valence-electron chi connectivity index (χ4n) is 1.63. The van der Waals surface area contributed by atoms with E-state index in [1.165, 1.54) is 0 Å². The highest BCUT2D eigenvalue weighted by molar-refractivity contribution is 7.80. The van der Waals surface area contributed by atoms with Gasteiger partial charge in [0.1, 0.15) is 0 Å². The highest BCUT2D eigenvalue weighted by Crippen LogP contribution is 2.23. The van der Waals surface area contributed by atoms with Crippen molar-refractivity contribution >= 4 is 23.0 Å². The first kappa shape index (κ1) is 13.0. The maximum atomic E-state index is 13.7. The summed E-state index contributed by atoms with van der Waals surface area (Å²) in [5.74, 6) is 0. The molecular formula is C14H10FN3S. The highest BCUT2D eigenvalue weighted by atomic mass is 32.1. The van der Waals surface area contributed by atoms with E-state index in [2.05, 4.69) is 5.32 Å². The smallest absolute Gasteiger partial charge is 0.216 e. The lowest BCUT2D eigenvalue weighted by molar-refractivity contribution is 0.519. The van der Waals surface area contributed by atoms with Gasteiger partial charge in [-0.2, -0.15) is 10.4 Å². The molecular weight excluding hydrogens is 261 g/mol. The second kappa shape index (κ2) is 5.94. The zero-order valence-electron chi connectivity index (χ0n) is 9.88. The Labute approximate surface area is 115 Å². The fraction of sp³-hybridized carbons (Fsp3) is 0. The van der Waals surface area contributed by atoms with Crippen LogP contribution in [0.4, 0.5) is 10.2 Å². The lowest BCUT2D eigenvalue weighted by Gasteiger charge is -2.13. The first-order chi connectivity index (χ1) is 9.22. The number of nitrogens with one attached hydrogen (secondary N) is 1. The average molecular weight is 271 g/mol. The van der Waals surface area contributed by atoms with E-state index in [-0.39, 0.29) is 15.9 Å². The first-order valence-electron chi connectivity index (χ1n) is 5.53. The van der Waals surface area contributed by atoms with Crippen LogP contribution >= 0.6 is 12.2 Å². The molecule has 0 amide bonds. The van der Waals surface area contributed by atoms with Crippen molar-refractivity contribution < 1.29 is 4.48 Å². The Hall–Kier alpha value is -2.45. The van der Waals surface area contributed by atoms with Gasteiger partial charge in [-0.25, -0.2) is 0 Å². The monoisotopic (exact) mass is 271 g/mol. The lowest BCUT2D eigenvalue weighted by atomic mass is 10.1. The third-order valence-electron chi connectivity index (χ3n) is 2.54. The van der Waals surface area contributed by atoms with E-state index < -0.39 is 0 Å². The molecule has 0 atom stereocenters. The highest BCUT2D eigenvalue weighted by Gasteiger charge is 2.10. The standard InChI is InChI=1S/C14H10FN3S/c15-18(14(19)17-10-16)13-8-6-12(7-9-13)11-4-2-1-3-5-11/h1-9H,(H,17,19). The molecule has 0 aliphatic rings. The summed E-state index contributed by atoms with van der Waals surface area (Å²) in [5, 5.41) is 10.4. The minimum Gasteiger partial charge on any atom is -0.267 e. The molecule has 2 aromatic carbocycles. The fourth-order valence-corrected chi connectivity index (χ4v) is 1.78. The van der Waals surface area contributed by atoms with Gasteiger partial charge in [0.05, 0.1) is 5.69 Å². The largest absolute Gasteiger partial charge is 0.267 e. The van der Waals surface area contributed by atoms with Gasteiger partial charge in [0.2, 0.25) is 5.11 Å². The van der Waals surface area contributed by atoms with Crippen molar-refractivity contribution in [1.29, 1.82) is 5.26 Å². The molecule has 0 saturated carbocycles. The maximum Gasteiger partial charge on any atom is 0.216 e. The van der Waals surface area contributed by atoms with Gasteiger partial charge in [0.25, 0.3) is 0 Å². The van der Waals surface area contributed by atoms with E-state index in [0.717, 1.165) is 11.1 Å². The summed E-state index contributed by atoms with van der Waals surface area (Å²) in [5.41, 5.74) is 2.31. The van der Waals surface area contributed by atoms with Crippen LogP contribution in [0.25, 0.3) is 11.1 Å². The Bertz CT molecular complexity index is 605. The summed E-state index contributed by atoms with van der Waals surface area (Å²) in [7, 11) is 0. The number of nitrogens with zero attached hydrogens (tertiary/aromatic N) is 2. The summed E-state index contributed by atoms with van der Waals surface area (Å²) < 4.78 is 13.7. The number of nitriles is 1. The van der Waals surface area contributed by atoms with Gasteiger partial charge >= 0.3 is 0 Å². The number of hydrogen-bond donors (Lipinski definition) is 1. The van der Waals surface area contributed by atoms with Crippen LogP contribution in [0, 0.1) is 11.5 Å². The van der Waals surface area contributed by atoms with Crippen LogP contribution in [0.3, 0.4) is 0 Å². The van der Waals surface area contributed by atoms with Crippen LogP contribution in [-0.2, 0) is 0 Å². The summed E-state index contributed by atoms with van der Waals surface area (Å²) in [6.07, 6.45) is 1.58. The molecule has 0 heterocycles. The molecule has 0 aliphatic carbocycles. The molecule has 0 spiro atoms. The normalized spacial score (nSPS) is 9.47. The second-order valence-electron chi connectivity index (χ2n) is 3.74. The van der Waals surface area contributed by atoms with Gasteiger partial charge in [-0.3, -0.25) is 5.32 Å². The van der Waals surface area contributed by atoms with Crippen molar-refractivity contribution in [3.8, 4) is 17.3 Å². The number of halogens is 1. The molecule has 1 N–H and O–H groups in total. The van der Waals surface area contributed by atoms with E-state index in [4.69, 9.17) is 17.5 Å². The molecule has 0 unspecified atom stereocenters. The maximum absolute atomic E-state index is 13.7. The number of thiocarbonyl (C=S) groups is 1. The van der Waals surface area contributed by atoms with Crippen molar-refractivity contribution in [2.75, 3.05) is 5.12 Å². The molecule has 5 heteroatoms. The third kappa shape index (κ3) is 3.06. The number of rotatable bonds is 2. The lowest BCUT2D eigenvalue weighted by Crippen LogP contribution is -2.30. The number of benzene rings is 2. The summed E-state index contributed by atoms with van der Waals surface area (Å²) >= 11 is 4.70. The van der Waals surface area contributed by atoms with Crippen LogP contribution in [0.5, 0.6) is 0 Å². The minimum absolute atomic E-state index is 0.257. The van der Waals surface area contributed by atoms with E-state index in [9.17, 15) is 4.48 Å². The Balaban J connectivity index is 2.20. The molecule has 0 bridgehead atoms. The topological polar surface area (TPSA) is 39.1 Å². The van der Waals surface area contributed by atoms with Gasteiger partial charge in [0, 0.05) is 0 Å². The molecule has 2 rings (SSSR count). The van der Waals surface area contributed by atoms with Crippen LogP contribution in [0.2, 0.25) is 0 Å². The van der Waals surface area contributed by atoms with Gasteiger partial charge < -0.3 is 0 Å². The Morgan fingerprint density at radius 1 is 1.05 bits per heavy atom. The van der Waals surface area contributed by atoms with E-state index in [1.807, 2.05) is 30.3 Å². The van der Waals surface area contributed by atoms with Crippen molar-refractivity contribution in [1.82, 2.24) is 5.32 Å². The predicted molar refractivity (Wildman–Crippen MR) is 76.8 cm³/mol. The number of hydrogen-bond acceptors (Lipinski definition) is 2. The van der Waals surface area contributed by atoms with Gasteiger partial charge in [-0.1, -0.05) is 46.9 Å². The van der Waals surface area contributed by atoms with Gasteiger partial charge in [-0.15, -0.1) is 0 Å². The van der Waals surface area contributed by atoms with Crippen LogP contribution < -0.4 is 10.4 Å². The Morgan fingerprint density at radius 2 is 1.63 bits per heavy atom. The summed E-state index contributed by atoms with van der Waals surface area (Å²) in [6.45, 7) is 0. The van der Waals surface area contributed by atoms with E-state index in [1.54, 1.807) is 30.5 Å². The first-order valence-corrected chi connectivity index (χ1v) is 5.93. The zero-order valence-corrected chi connectivity index (χ0v) is 10.7. The van der Waals surface area contributed by atoms with Gasteiger partial charge in [-0.05, 0) is 35.5 Å². The van der Waals surface area contributed by atoms with Gasteiger partial charge in [0.15, 0.2) is 6.19 Å². The molecule has 19 heavy (non-hydrogen) atoms. The second-order valence-corrected chi connectivity index (χ2v) is 4.12. The SMILES string of the molecule is N#CNC(=S)N(F)c1ccc(-c2ccccc2)cc1. The Kier molecular flexibility index (Phi) is 4.06. The van der Waals surface area contributed by atoms with Crippen molar-refractivity contribution in [3.05, 3.63) is 54.6 Å². The molecule has 0 saturated heterocycles. The molecule has 0 aromatic heterocycles. The Morgan fingerprint density at radius 3 is 2.21 bits per heavy atom. The van der Waals surface area contributed by atoms with Crippen LogP contribution in [-0.4, -0.2) is 5.11 Å². The average Bonchev–Trinajstić information content (AvgIpc) is 2.48. The zero-order chi connectivity index (χ0) is 13.7. The van der Waals surface area contributed by atoms with Crippen LogP contribution in [0.15, 0.2) is 54.6 Å². The molecule has 0 aliphatic heterocycles. The van der Waals surface area contributed by atoms with Crippen LogP contribution in [0.1, 0.15) is 0 Å². The number of anilines is 1. The molecule has 94 valence electrons. The minimum atomic E-state index is -0.282.